The summed E-state index contributed by atoms with van der Waals surface area (Å²) in [7, 11) is 0. The molecule has 0 spiro atoms. The van der Waals surface area contributed by atoms with Gasteiger partial charge >= 0.3 is 0 Å². The van der Waals surface area contributed by atoms with Crippen molar-refractivity contribution >= 4 is 0 Å². The standard InChI is InChI=1S/C16H31N2O2/c1-3-4-16(18-7-11-20-12-8-18)13-15(2)14-17-5-9-19-10-6-17/h15-16H,1,3-14H2,2H3. The molecule has 117 valence electrons. The summed E-state index contributed by atoms with van der Waals surface area (Å²) in [6.07, 6.45) is 3.53. The van der Waals surface area contributed by atoms with Crippen LogP contribution in [0.4, 0.5) is 0 Å². The SMILES string of the molecule is [CH2]CCC(CC(C)CN1CCOCC1)N1CCOCC1. The molecule has 0 aromatic carbocycles. The minimum Gasteiger partial charge on any atom is -0.379 e. The molecule has 0 saturated carbocycles. The summed E-state index contributed by atoms with van der Waals surface area (Å²) in [5.41, 5.74) is 0. The molecule has 0 amide bonds. The summed E-state index contributed by atoms with van der Waals surface area (Å²) in [5.74, 6) is 0.743. The van der Waals surface area contributed by atoms with E-state index in [9.17, 15) is 0 Å². The zero-order valence-corrected chi connectivity index (χ0v) is 13.1. The Hall–Kier alpha value is -0.160. The van der Waals surface area contributed by atoms with E-state index >= 15 is 0 Å². The molecule has 0 aromatic rings. The molecule has 2 rings (SSSR count). The zero-order valence-electron chi connectivity index (χ0n) is 13.1. The largest absolute Gasteiger partial charge is 0.379 e. The molecular weight excluding hydrogens is 252 g/mol. The van der Waals surface area contributed by atoms with Gasteiger partial charge in [0.05, 0.1) is 26.4 Å². The third-order valence-electron chi connectivity index (χ3n) is 4.45. The summed E-state index contributed by atoms with van der Waals surface area (Å²) in [4.78, 5) is 5.17. The first kappa shape index (κ1) is 16.2. The fourth-order valence-electron chi connectivity index (χ4n) is 3.39. The van der Waals surface area contributed by atoms with Gasteiger partial charge in [-0.25, -0.2) is 0 Å². The first-order valence-electron chi connectivity index (χ1n) is 8.20. The van der Waals surface area contributed by atoms with Gasteiger partial charge in [-0.3, -0.25) is 9.80 Å². The van der Waals surface area contributed by atoms with Crippen LogP contribution in [-0.2, 0) is 9.47 Å². The number of hydrogen-bond acceptors (Lipinski definition) is 4. The smallest absolute Gasteiger partial charge is 0.0594 e. The highest BCUT2D eigenvalue weighted by Gasteiger charge is 2.23. The first-order valence-corrected chi connectivity index (χ1v) is 8.20. The van der Waals surface area contributed by atoms with E-state index in [-0.39, 0.29) is 0 Å². The highest BCUT2D eigenvalue weighted by atomic mass is 16.5. The lowest BCUT2D eigenvalue weighted by Crippen LogP contribution is -2.45. The van der Waals surface area contributed by atoms with Crippen molar-refractivity contribution in [2.75, 3.05) is 59.2 Å². The maximum atomic E-state index is 5.48. The Morgan fingerprint density at radius 2 is 1.60 bits per heavy atom. The molecule has 4 heteroatoms. The van der Waals surface area contributed by atoms with Gasteiger partial charge in [-0.1, -0.05) is 20.3 Å². The fourth-order valence-corrected chi connectivity index (χ4v) is 3.39. The second kappa shape index (κ2) is 8.98. The van der Waals surface area contributed by atoms with Gasteiger partial charge < -0.3 is 9.47 Å². The number of hydrogen-bond donors (Lipinski definition) is 0. The molecule has 1 radical (unpaired) electrons. The molecule has 2 aliphatic heterocycles. The van der Waals surface area contributed by atoms with E-state index in [0.717, 1.165) is 64.9 Å². The van der Waals surface area contributed by atoms with Gasteiger partial charge in [0, 0.05) is 38.8 Å². The van der Waals surface area contributed by atoms with E-state index in [0.29, 0.717) is 6.04 Å². The molecule has 2 aliphatic rings. The quantitative estimate of drug-likeness (QED) is 0.709. The second-order valence-electron chi connectivity index (χ2n) is 6.20. The van der Waals surface area contributed by atoms with E-state index in [2.05, 4.69) is 23.6 Å². The molecule has 20 heavy (non-hydrogen) atoms. The number of ether oxygens (including phenoxy) is 2. The van der Waals surface area contributed by atoms with Crippen LogP contribution >= 0.6 is 0 Å². The van der Waals surface area contributed by atoms with E-state index in [4.69, 9.17) is 9.47 Å². The average molecular weight is 283 g/mol. The van der Waals surface area contributed by atoms with Crippen molar-refractivity contribution in [3.8, 4) is 0 Å². The van der Waals surface area contributed by atoms with Gasteiger partial charge in [-0.2, -0.15) is 0 Å². The van der Waals surface area contributed by atoms with E-state index < -0.39 is 0 Å². The van der Waals surface area contributed by atoms with Crippen molar-refractivity contribution in [3.05, 3.63) is 6.92 Å². The molecular formula is C16H31N2O2. The second-order valence-corrected chi connectivity index (χ2v) is 6.20. The van der Waals surface area contributed by atoms with Crippen LogP contribution in [0.15, 0.2) is 0 Å². The van der Waals surface area contributed by atoms with Crippen LogP contribution < -0.4 is 0 Å². The van der Waals surface area contributed by atoms with Gasteiger partial charge in [0.15, 0.2) is 0 Å². The molecule has 0 bridgehead atoms. The van der Waals surface area contributed by atoms with Crippen molar-refractivity contribution < 1.29 is 9.47 Å². The fraction of sp³-hybridized carbons (Fsp3) is 0.938. The normalized spacial score (nSPS) is 25.5. The van der Waals surface area contributed by atoms with Gasteiger partial charge in [-0.05, 0) is 18.8 Å². The van der Waals surface area contributed by atoms with Crippen LogP contribution in [0.2, 0.25) is 0 Å². The van der Waals surface area contributed by atoms with E-state index in [1.54, 1.807) is 0 Å². The van der Waals surface area contributed by atoms with Gasteiger partial charge in [0.25, 0.3) is 0 Å². The molecule has 2 saturated heterocycles. The molecule has 2 fully saturated rings. The third kappa shape index (κ3) is 5.32. The Morgan fingerprint density at radius 1 is 1.00 bits per heavy atom. The Morgan fingerprint density at radius 3 is 2.20 bits per heavy atom. The first-order chi connectivity index (χ1) is 9.79. The van der Waals surface area contributed by atoms with Crippen LogP contribution in [0.5, 0.6) is 0 Å². The van der Waals surface area contributed by atoms with Crippen molar-refractivity contribution in [1.29, 1.82) is 0 Å². The maximum absolute atomic E-state index is 5.48. The number of rotatable bonds is 7. The zero-order chi connectivity index (χ0) is 14.2. The molecule has 0 aromatic heterocycles. The third-order valence-corrected chi connectivity index (χ3v) is 4.45. The Labute approximate surface area is 124 Å². The predicted molar refractivity (Wildman–Crippen MR) is 81.8 cm³/mol. The number of nitrogens with zero attached hydrogens (tertiary/aromatic N) is 2. The lowest BCUT2D eigenvalue weighted by molar-refractivity contribution is 0.00422. The van der Waals surface area contributed by atoms with E-state index in [1.807, 2.05) is 0 Å². The lowest BCUT2D eigenvalue weighted by atomic mass is 9.96. The Bertz CT molecular complexity index is 251. The summed E-state index contributed by atoms with van der Waals surface area (Å²) < 4.78 is 10.9. The molecule has 0 N–H and O–H groups in total. The minimum atomic E-state index is 0.687. The molecule has 4 nitrogen and oxygen atoms in total. The number of morpholine rings is 2. The topological polar surface area (TPSA) is 24.9 Å². The highest BCUT2D eigenvalue weighted by molar-refractivity contribution is 4.78. The highest BCUT2D eigenvalue weighted by Crippen LogP contribution is 2.19. The van der Waals surface area contributed by atoms with Crippen LogP contribution in [-0.4, -0.2) is 75.0 Å². The van der Waals surface area contributed by atoms with Gasteiger partial charge in [0.2, 0.25) is 0 Å². The summed E-state index contributed by atoms with van der Waals surface area (Å²) in [6, 6.07) is 0.687. The maximum Gasteiger partial charge on any atom is 0.0594 e. The van der Waals surface area contributed by atoms with Gasteiger partial charge in [0.1, 0.15) is 0 Å². The van der Waals surface area contributed by atoms with Crippen LogP contribution in [0.1, 0.15) is 26.2 Å². The van der Waals surface area contributed by atoms with E-state index in [1.165, 1.54) is 19.4 Å². The minimum absolute atomic E-state index is 0.687. The van der Waals surface area contributed by atoms with Crippen LogP contribution in [0, 0.1) is 12.8 Å². The Kier molecular flexibility index (Phi) is 7.28. The predicted octanol–water partition coefficient (Wildman–Crippen LogP) is 1.66. The van der Waals surface area contributed by atoms with Crippen molar-refractivity contribution in [3.63, 3.8) is 0 Å². The van der Waals surface area contributed by atoms with Crippen molar-refractivity contribution in [1.82, 2.24) is 9.80 Å². The lowest BCUT2D eigenvalue weighted by Gasteiger charge is -2.37. The molecule has 2 atom stereocenters. The molecule has 2 heterocycles. The monoisotopic (exact) mass is 283 g/mol. The van der Waals surface area contributed by atoms with Crippen LogP contribution in [0.25, 0.3) is 0 Å². The Balaban J connectivity index is 1.76. The summed E-state index contributed by atoms with van der Waals surface area (Å²) in [6.45, 7) is 15.6. The molecule has 2 unspecified atom stereocenters. The van der Waals surface area contributed by atoms with Crippen molar-refractivity contribution in [2.24, 2.45) is 5.92 Å². The summed E-state index contributed by atoms with van der Waals surface area (Å²) >= 11 is 0. The van der Waals surface area contributed by atoms with Crippen molar-refractivity contribution in [2.45, 2.75) is 32.2 Å². The summed E-state index contributed by atoms with van der Waals surface area (Å²) in [5, 5.41) is 0. The van der Waals surface area contributed by atoms with Crippen LogP contribution in [0.3, 0.4) is 0 Å². The van der Waals surface area contributed by atoms with Gasteiger partial charge in [-0.15, -0.1) is 0 Å². The molecule has 0 aliphatic carbocycles. The average Bonchev–Trinajstić information content (AvgIpc) is 2.49.